The van der Waals surface area contributed by atoms with Crippen molar-refractivity contribution in [2.24, 2.45) is 5.92 Å². The van der Waals surface area contributed by atoms with Crippen molar-refractivity contribution >= 4 is 11.8 Å². The van der Waals surface area contributed by atoms with E-state index < -0.39 is 5.97 Å². The fourth-order valence-corrected chi connectivity index (χ4v) is 1.66. The molecule has 5 heteroatoms. The summed E-state index contributed by atoms with van der Waals surface area (Å²) in [5.41, 5.74) is 0.202. The third kappa shape index (κ3) is 2.98. The Labute approximate surface area is 106 Å². The highest BCUT2D eigenvalue weighted by molar-refractivity contribution is 5.86. The quantitative estimate of drug-likeness (QED) is 0.574. The molecule has 0 aromatic carbocycles. The van der Waals surface area contributed by atoms with Crippen molar-refractivity contribution < 1.29 is 9.53 Å². The van der Waals surface area contributed by atoms with Gasteiger partial charge in [-0.15, -0.1) is 6.42 Å². The second kappa shape index (κ2) is 5.50. The first kappa shape index (κ1) is 12.4. The van der Waals surface area contributed by atoms with E-state index in [1.165, 1.54) is 26.1 Å². The molecule has 0 amide bonds. The summed E-state index contributed by atoms with van der Waals surface area (Å²) in [6.45, 7) is 1.40. The number of carbonyl (C=O) groups excluding carboxylic acids is 1. The van der Waals surface area contributed by atoms with Gasteiger partial charge in [-0.1, -0.05) is 5.92 Å². The molecule has 1 heterocycles. The lowest BCUT2D eigenvalue weighted by atomic mass is 10.3. The first-order chi connectivity index (χ1) is 8.74. The lowest BCUT2D eigenvalue weighted by molar-refractivity contribution is 0.0593. The molecule has 0 aliphatic heterocycles. The molecule has 0 spiro atoms. The fraction of sp³-hybridized carbons (Fsp3) is 0.462. The minimum Gasteiger partial charge on any atom is -0.464 e. The molecule has 1 fully saturated rings. The summed E-state index contributed by atoms with van der Waals surface area (Å²) < 4.78 is 4.57. The maximum atomic E-state index is 11.2. The lowest BCUT2D eigenvalue weighted by Gasteiger charge is -2.20. The van der Waals surface area contributed by atoms with Crippen molar-refractivity contribution in [3.8, 4) is 12.3 Å². The first-order valence-corrected chi connectivity index (χ1v) is 5.83. The van der Waals surface area contributed by atoms with Crippen molar-refractivity contribution in [2.45, 2.75) is 12.8 Å². The number of methoxy groups -OCH3 is 1. The minimum absolute atomic E-state index is 0.202. The van der Waals surface area contributed by atoms with E-state index in [1.54, 1.807) is 6.20 Å². The van der Waals surface area contributed by atoms with Gasteiger partial charge < -0.3 is 9.64 Å². The number of carbonyl (C=O) groups is 1. The van der Waals surface area contributed by atoms with E-state index in [0.717, 1.165) is 6.54 Å². The van der Waals surface area contributed by atoms with Crippen LogP contribution in [0.4, 0.5) is 5.82 Å². The van der Waals surface area contributed by atoms with Crippen LogP contribution in [-0.2, 0) is 4.74 Å². The summed E-state index contributed by atoms with van der Waals surface area (Å²) >= 11 is 0. The Morgan fingerprint density at radius 2 is 2.33 bits per heavy atom. The van der Waals surface area contributed by atoms with Crippen molar-refractivity contribution in [2.75, 3.05) is 25.1 Å². The number of hydrogen-bond acceptors (Lipinski definition) is 5. The van der Waals surface area contributed by atoms with Crippen molar-refractivity contribution in [1.29, 1.82) is 0 Å². The molecule has 18 heavy (non-hydrogen) atoms. The number of rotatable bonds is 5. The van der Waals surface area contributed by atoms with Crippen molar-refractivity contribution in [1.82, 2.24) is 9.97 Å². The molecule has 1 saturated carbocycles. The molecular weight excluding hydrogens is 230 g/mol. The summed E-state index contributed by atoms with van der Waals surface area (Å²) in [5, 5.41) is 0. The molecule has 94 valence electrons. The summed E-state index contributed by atoms with van der Waals surface area (Å²) in [5.74, 6) is 3.54. The molecule has 5 nitrogen and oxygen atoms in total. The van der Waals surface area contributed by atoms with Crippen molar-refractivity contribution in [3.05, 3.63) is 18.1 Å². The molecule has 1 aromatic rings. The second-order valence-corrected chi connectivity index (χ2v) is 4.28. The largest absolute Gasteiger partial charge is 0.464 e. The van der Waals surface area contributed by atoms with Crippen LogP contribution >= 0.6 is 0 Å². The van der Waals surface area contributed by atoms with Crippen LogP contribution in [0, 0.1) is 18.3 Å². The van der Waals surface area contributed by atoms with Gasteiger partial charge in [-0.3, -0.25) is 0 Å². The Morgan fingerprint density at radius 3 is 2.83 bits per heavy atom. The maximum Gasteiger partial charge on any atom is 0.358 e. The van der Waals surface area contributed by atoms with Crippen LogP contribution in [0.3, 0.4) is 0 Å². The highest BCUT2D eigenvalue weighted by Crippen LogP contribution is 2.30. The standard InChI is InChI=1S/C13H15N3O2/c1-3-6-16(9-10-4-5-10)12-8-14-11(7-15-12)13(17)18-2/h1,7-8,10H,4-6,9H2,2H3. The van der Waals surface area contributed by atoms with Crippen LogP contribution in [0.5, 0.6) is 0 Å². The predicted molar refractivity (Wildman–Crippen MR) is 67.1 cm³/mol. The number of anilines is 1. The smallest absolute Gasteiger partial charge is 0.358 e. The van der Waals surface area contributed by atoms with Gasteiger partial charge in [-0.2, -0.15) is 0 Å². The van der Waals surface area contributed by atoms with E-state index in [0.29, 0.717) is 18.3 Å². The van der Waals surface area contributed by atoms with E-state index in [4.69, 9.17) is 6.42 Å². The topological polar surface area (TPSA) is 55.3 Å². The molecule has 0 atom stereocenters. The maximum absolute atomic E-state index is 11.2. The Hall–Kier alpha value is -2.09. The van der Waals surface area contributed by atoms with E-state index >= 15 is 0 Å². The minimum atomic E-state index is -0.486. The third-order valence-electron chi connectivity index (χ3n) is 2.81. The van der Waals surface area contributed by atoms with Crippen LogP contribution in [0.25, 0.3) is 0 Å². The average molecular weight is 245 g/mol. The molecule has 0 saturated heterocycles. The van der Waals surface area contributed by atoms with Crippen LogP contribution < -0.4 is 4.90 Å². The number of nitrogens with zero attached hydrogens (tertiary/aromatic N) is 3. The number of esters is 1. The first-order valence-electron chi connectivity index (χ1n) is 5.83. The SMILES string of the molecule is C#CCN(CC1CC1)c1cnc(C(=O)OC)cn1. The summed E-state index contributed by atoms with van der Waals surface area (Å²) in [6.07, 6.45) is 10.8. The van der Waals surface area contributed by atoms with Gasteiger partial charge in [0, 0.05) is 6.54 Å². The zero-order valence-corrected chi connectivity index (χ0v) is 10.3. The molecule has 1 aromatic heterocycles. The molecule has 0 N–H and O–H groups in total. The van der Waals surface area contributed by atoms with Gasteiger partial charge in [0.15, 0.2) is 5.69 Å². The molecule has 1 aliphatic carbocycles. The Balaban J connectivity index is 2.09. The van der Waals surface area contributed by atoms with Crippen molar-refractivity contribution in [3.63, 3.8) is 0 Å². The monoisotopic (exact) mass is 245 g/mol. The zero-order chi connectivity index (χ0) is 13.0. The van der Waals surface area contributed by atoms with Gasteiger partial charge in [0.05, 0.1) is 26.0 Å². The normalized spacial score (nSPS) is 13.8. The van der Waals surface area contributed by atoms with Gasteiger partial charge in [-0.25, -0.2) is 14.8 Å². The number of ether oxygens (including phenoxy) is 1. The lowest BCUT2D eigenvalue weighted by Crippen LogP contribution is -2.27. The Morgan fingerprint density at radius 1 is 1.56 bits per heavy atom. The van der Waals surface area contributed by atoms with Gasteiger partial charge in [0.25, 0.3) is 0 Å². The van der Waals surface area contributed by atoms with E-state index in [2.05, 4.69) is 20.6 Å². The van der Waals surface area contributed by atoms with Crippen LogP contribution in [0.1, 0.15) is 23.3 Å². The van der Waals surface area contributed by atoms with E-state index in [1.807, 2.05) is 4.90 Å². The van der Waals surface area contributed by atoms with Crippen LogP contribution in [-0.4, -0.2) is 36.1 Å². The third-order valence-corrected chi connectivity index (χ3v) is 2.81. The van der Waals surface area contributed by atoms with Crippen LogP contribution in [0.15, 0.2) is 12.4 Å². The summed E-state index contributed by atoms with van der Waals surface area (Å²) in [4.78, 5) is 21.5. The number of aromatic nitrogens is 2. The predicted octanol–water partition coefficient (Wildman–Crippen LogP) is 1.11. The number of hydrogen-bond donors (Lipinski definition) is 0. The van der Waals surface area contributed by atoms with Gasteiger partial charge in [-0.05, 0) is 18.8 Å². The molecule has 0 bridgehead atoms. The van der Waals surface area contributed by atoms with E-state index in [-0.39, 0.29) is 5.69 Å². The zero-order valence-electron chi connectivity index (χ0n) is 10.3. The molecule has 0 radical (unpaired) electrons. The Kier molecular flexibility index (Phi) is 3.78. The summed E-state index contributed by atoms with van der Waals surface area (Å²) in [7, 11) is 1.32. The molecule has 2 rings (SSSR count). The average Bonchev–Trinajstić information content (AvgIpc) is 3.21. The Bertz CT molecular complexity index is 460. The molecule has 1 aliphatic rings. The van der Waals surface area contributed by atoms with Gasteiger partial charge in [0.2, 0.25) is 0 Å². The second-order valence-electron chi connectivity index (χ2n) is 4.28. The molecular formula is C13H15N3O2. The molecule has 0 unspecified atom stereocenters. The van der Waals surface area contributed by atoms with E-state index in [9.17, 15) is 4.79 Å². The van der Waals surface area contributed by atoms with Gasteiger partial charge in [0.1, 0.15) is 5.82 Å². The highest BCUT2D eigenvalue weighted by Gasteiger charge is 2.24. The fourth-order valence-electron chi connectivity index (χ4n) is 1.66. The van der Waals surface area contributed by atoms with Crippen LogP contribution in [0.2, 0.25) is 0 Å². The highest BCUT2D eigenvalue weighted by atomic mass is 16.5. The van der Waals surface area contributed by atoms with Gasteiger partial charge >= 0.3 is 5.97 Å². The summed E-state index contributed by atoms with van der Waals surface area (Å²) in [6, 6.07) is 0. The number of terminal acetylenes is 1.